The number of piperidine rings is 1. The first-order valence-electron chi connectivity index (χ1n) is 11.0. The summed E-state index contributed by atoms with van der Waals surface area (Å²) in [5.74, 6) is -0.327. The van der Waals surface area contributed by atoms with Crippen molar-refractivity contribution >= 4 is 11.8 Å². The molecular weight excluding hydrogens is 402 g/mol. The number of aryl methyl sites for hydroxylation is 2. The van der Waals surface area contributed by atoms with Crippen molar-refractivity contribution < 1.29 is 14.7 Å². The normalized spacial score (nSPS) is 18.4. The fourth-order valence-corrected chi connectivity index (χ4v) is 4.42. The van der Waals surface area contributed by atoms with Crippen LogP contribution in [0, 0.1) is 19.8 Å². The van der Waals surface area contributed by atoms with Crippen molar-refractivity contribution in [3.8, 4) is 5.69 Å². The SMILES string of the molecule is Cc1ccc(C)n1-c1ccc(C(=O)N2CC[C@H](CO)[C@H](NC(=O)c3ccccc3)C2)cc1. The van der Waals surface area contributed by atoms with Crippen molar-refractivity contribution in [2.24, 2.45) is 5.92 Å². The summed E-state index contributed by atoms with van der Waals surface area (Å²) in [7, 11) is 0. The van der Waals surface area contributed by atoms with Gasteiger partial charge in [-0.05, 0) is 68.8 Å². The second-order valence-electron chi connectivity index (χ2n) is 8.43. The number of likely N-dealkylation sites (tertiary alicyclic amines) is 1. The minimum atomic E-state index is -0.296. The first kappa shape index (κ1) is 21.8. The molecule has 2 N–H and O–H groups in total. The van der Waals surface area contributed by atoms with Gasteiger partial charge in [-0.2, -0.15) is 0 Å². The van der Waals surface area contributed by atoms with E-state index in [-0.39, 0.29) is 30.4 Å². The Hall–Kier alpha value is -3.38. The van der Waals surface area contributed by atoms with Crippen molar-refractivity contribution in [3.63, 3.8) is 0 Å². The van der Waals surface area contributed by atoms with Crippen LogP contribution >= 0.6 is 0 Å². The van der Waals surface area contributed by atoms with E-state index in [9.17, 15) is 14.7 Å². The largest absolute Gasteiger partial charge is 0.396 e. The van der Waals surface area contributed by atoms with Gasteiger partial charge in [0.15, 0.2) is 0 Å². The summed E-state index contributed by atoms with van der Waals surface area (Å²) < 4.78 is 2.15. The van der Waals surface area contributed by atoms with Gasteiger partial charge in [0.05, 0.1) is 6.04 Å². The van der Waals surface area contributed by atoms with Crippen molar-refractivity contribution in [3.05, 3.63) is 89.2 Å². The minimum absolute atomic E-state index is 0.0218. The summed E-state index contributed by atoms with van der Waals surface area (Å²) in [6.45, 7) is 5.02. The van der Waals surface area contributed by atoms with Crippen LogP contribution in [0.15, 0.2) is 66.7 Å². The molecule has 1 fully saturated rings. The number of benzene rings is 2. The van der Waals surface area contributed by atoms with Gasteiger partial charge in [-0.3, -0.25) is 9.59 Å². The first-order valence-corrected chi connectivity index (χ1v) is 11.0. The summed E-state index contributed by atoms with van der Waals surface area (Å²) in [5.41, 5.74) is 4.49. The Morgan fingerprint density at radius 3 is 2.22 bits per heavy atom. The maximum Gasteiger partial charge on any atom is 0.253 e. The highest BCUT2D eigenvalue weighted by molar-refractivity contribution is 5.95. The van der Waals surface area contributed by atoms with Crippen molar-refractivity contribution in [1.29, 1.82) is 0 Å². The molecule has 166 valence electrons. The highest BCUT2D eigenvalue weighted by atomic mass is 16.3. The molecule has 2 atom stereocenters. The quantitative estimate of drug-likeness (QED) is 0.651. The van der Waals surface area contributed by atoms with Crippen LogP contribution in [-0.4, -0.2) is 52.1 Å². The van der Waals surface area contributed by atoms with Crippen LogP contribution < -0.4 is 5.32 Å². The van der Waals surface area contributed by atoms with E-state index in [0.717, 1.165) is 17.1 Å². The molecule has 3 aromatic rings. The van der Waals surface area contributed by atoms with Gasteiger partial charge in [-0.25, -0.2) is 0 Å². The third kappa shape index (κ3) is 4.46. The lowest BCUT2D eigenvalue weighted by atomic mass is 9.91. The van der Waals surface area contributed by atoms with Crippen LogP contribution in [0.25, 0.3) is 5.69 Å². The Morgan fingerprint density at radius 2 is 1.59 bits per heavy atom. The lowest BCUT2D eigenvalue weighted by Gasteiger charge is -2.38. The minimum Gasteiger partial charge on any atom is -0.396 e. The molecule has 2 aromatic carbocycles. The van der Waals surface area contributed by atoms with Crippen LogP contribution in [-0.2, 0) is 0 Å². The molecule has 0 unspecified atom stereocenters. The maximum absolute atomic E-state index is 13.2. The number of amides is 2. The summed E-state index contributed by atoms with van der Waals surface area (Å²) in [6, 6.07) is 20.5. The van der Waals surface area contributed by atoms with E-state index in [1.807, 2.05) is 42.5 Å². The van der Waals surface area contributed by atoms with Gasteiger partial charge in [0.1, 0.15) is 0 Å². The number of hydrogen-bond acceptors (Lipinski definition) is 3. The second-order valence-corrected chi connectivity index (χ2v) is 8.43. The monoisotopic (exact) mass is 431 g/mol. The Bertz CT molecular complexity index is 1070. The van der Waals surface area contributed by atoms with E-state index in [4.69, 9.17) is 0 Å². The molecule has 4 rings (SSSR count). The number of rotatable bonds is 5. The van der Waals surface area contributed by atoms with Crippen LogP contribution in [0.4, 0.5) is 0 Å². The highest BCUT2D eigenvalue weighted by Gasteiger charge is 2.32. The molecule has 0 aliphatic carbocycles. The van der Waals surface area contributed by atoms with Crippen molar-refractivity contribution in [2.45, 2.75) is 26.3 Å². The Kier molecular flexibility index (Phi) is 6.42. The zero-order valence-corrected chi connectivity index (χ0v) is 18.5. The van der Waals surface area contributed by atoms with Gasteiger partial charge >= 0.3 is 0 Å². The number of aliphatic hydroxyl groups is 1. The number of nitrogens with zero attached hydrogens (tertiary/aromatic N) is 2. The number of aliphatic hydroxyl groups excluding tert-OH is 1. The Morgan fingerprint density at radius 1 is 0.938 bits per heavy atom. The molecule has 0 saturated carbocycles. The number of carbonyl (C=O) groups excluding carboxylic acids is 2. The van der Waals surface area contributed by atoms with Gasteiger partial charge in [0.2, 0.25) is 0 Å². The van der Waals surface area contributed by atoms with E-state index in [2.05, 4.69) is 35.9 Å². The van der Waals surface area contributed by atoms with Gasteiger partial charge in [-0.15, -0.1) is 0 Å². The van der Waals surface area contributed by atoms with Crippen molar-refractivity contribution in [1.82, 2.24) is 14.8 Å². The molecule has 2 heterocycles. The van der Waals surface area contributed by atoms with Crippen LogP contribution in [0.3, 0.4) is 0 Å². The highest BCUT2D eigenvalue weighted by Crippen LogP contribution is 2.22. The molecule has 1 aliphatic rings. The van der Waals surface area contributed by atoms with Gasteiger partial charge < -0.3 is 19.9 Å². The smallest absolute Gasteiger partial charge is 0.253 e. The lowest BCUT2D eigenvalue weighted by molar-refractivity contribution is 0.0541. The molecule has 0 radical (unpaired) electrons. The van der Waals surface area contributed by atoms with Crippen molar-refractivity contribution in [2.75, 3.05) is 19.7 Å². The zero-order chi connectivity index (χ0) is 22.7. The number of carbonyl (C=O) groups is 2. The molecule has 2 amide bonds. The predicted octanol–water partition coefficient (Wildman–Crippen LogP) is 3.35. The third-order valence-electron chi connectivity index (χ3n) is 6.27. The van der Waals surface area contributed by atoms with Crippen LogP contribution in [0.2, 0.25) is 0 Å². The molecule has 6 nitrogen and oxygen atoms in total. The fraction of sp³-hybridized carbons (Fsp3) is 0.308. The molecule has 1 aromatic heterocycles. The molecule has 32 heavy (non-hydrogen) atoms. The molecule has 1 aliphatic heterocycles. The summed E-state index contributed by atoms with van der Waals surface area (Å²) in [4.78, 5) is 27.6. The van der Waals surface area contributed by atoms with Gasteiger partial charge in [-0.1, -0.05) is 18.2 Å². The second kappa shape index (κ2) is 9.40. The van der Waals surface area contributed by atoms with Gasteiger partial charge in [0.25, 0.3) is 11.8 Å². The van der Waals surface area contributed by atoms with E-state index >= 15 is 0 Å². The molecule has 6 heteroatoms. The van der Waals surface area contributed by atoms with E-state index in [1.165, 1.54) is 0 Å². The van der Waals surface area contributed by atoms with Crippen LogP contribution in [0.5, 0.6) is 0 Å². The van der Waals surface area contributed by atoms with Gasteiger partial charge in [0, 0.05) is 53.8 Å². The molecule has 0 spiro atoms. The Labute approximate surface area is 188 Å². The topological polar surface area (TPSA) is 74.6 Å². The average Bonchev–Trinajstić information content (AvgIpc) is 3.17. The van der Waals surface area contributed by atoms with Crippen LogP contribution in [0.1, 0.15) is 38.5 Å². The number of nitrogens with one attached hydrogen (secondary N) is 1. The lowest BCUT2D eigenvalue weighted by Crippen LogP contribution is -2.55. The molecule has 1 saturated heterocycles. The van der Waals surface area contributed by atoms with E-state index in [0.29, 0.717) is 30.6 Å². The Balaban J connectivity index is 1.47. The summed E-state index contributed by atoms with van der Waals surface area (Å²) in [5, 5.41) is 12.8. The van der Waals surface area contributed by atoms with E-state index < -0.39 is 0 Å². The predicted molar refractivity (Wildman–Crippen MR) is 124 cm³/mol. The average molecular weight is 432 g/mol. The molecule has 0 bridgehead atoms. The fourth-order valence-electron chi connectivity index (χ4n) is 4.42. The maximum atomic E-state index is 13.2. The number of hydrogen-bond donors (Lipinski definition) is 2. The number of aromatic nitrogens is 1. The molecular formula is C26H29N3O3. The summed E-state index contributed by atoms with van der Waals surface area (Å²) in [6.07, 6.45) is 0.641. The third-order valence-corrected chi connectivity index (χ3v) is 6.27. The summed E-state index contributed by atoms with van der Waals surface area (Å²) >= 11 is 0. The standard InChI is InChI=1S/C26H29N3O3/c1-18-8-9-19(2)29(18)23-12-10-21(11-13-23)26(32)28-15-14-22(17-30)24(16-28)27-25(31)20-6-4-3-5-7-20/h3-13,22,24,30H,14-17H2,1-2H3,(H,27,31)/t22-,24-/m1/s1. The zero-order valence-electron chi connectivity index (χ0n) is 18.5. The van der Waals surface area contributed by atoms with E-state index in [1.54, 1.807) is 17.0 Å². The first-order chi connectivity index (χ1) is 15.5.